The second kappa shape index (κ2) is 5.85. The molecule has 5 nitrogen and oxygen atoms in total. The number of anilines is 1. The summed E-state index contributed by atoms with van der Waals surface area (Å²) in [5.41, 5.74) is 0.486. The summed E-state index contributed by atoms with van der Waals surface area (Å²) >= 11 is 5.95. The fourth-order valence-corrected chi connectivity index (χ4v) is 2.25. The van der Waals surface area contributed by atoms with E-state index in [1.807, 2.05) is 45.0 Å². The Labute approximate surface area is 128 Å². The van der Waals surface area contributed by atoms with Crippen LogP contribution in [-0.4, -0.2) is 27.1 Å². The van der Waals surface area contributed by atoms with Crippen LogP contribution in [-0.2, 0) is 4.79 Å². The molecule has 1 aromatic carbocycles. The highest BCUT2D eigenvalue weighted by Crippen LogP contribution is 2.28. The SMILES string of the molecule is CC(C)(C)C(CC(=O)O)Nc1nc(Cl)nc2ccccc12. The lowest BCUT2D eigenvalue weighted by atomic mass is 9.84. The van der Waals surface area contributed by atoms with Crippen LogP contribution in [0.1, 0.15) is 27.2 Å². The standard InChI is InChI=1S/C15H18ClN3O2/c1-15(2,3)11(8-12(20)21)18-13-9-6-4-5-7-10(9)17-14(16)19-13/h4-7,11H,8H2,1-3H3,(H,20,21)(H,17,18,19). The lowest BCUT2D eigenvalue weighted by Crippen LogP contribution is -2.36. The maximum atomic E-state index is 11.1. The number of para-hydroxylation sites is 1. The van der Waals surface area contributed by atoms with Gasteiger partial charge in [-0.05, 0) is 29.1 Å². The zero-order chi connectivity index (χ0) is 15.6. The minimum Gasteiger partial charge on any atom is -0.481 e. The Morgan fingerprint density at radius 3 is 2.62 bits per heavy atom. The number of rotatable bonds is 4. The van der Waals surface area contributed by atoms with Crippen molar-refractivity contribution in [2.24, 2.45) is 5.41 Å². The maximum Gasteiger partial charge on any atom is 0.305 e. The number of carboxylic acids is 1. The molecule has 112 valence electrons. The van der Waals surface area contributed by atoms with E-state index >= 15 is 0 Å². The number of nitrogens with one attached hydrogen (secondary N) is 1. The Balaban J connectivity index is 2.43. The summed E-state index contributed by atoms with van der Waals surface area (Å²) in [5.74, 6) is -0.293. The smallest absolute Gasteiger partial charge is 0.305 e. The molecule has 1 atom stereocenters. The molecule has 0 aliphatic carbocycles. The zero-order valence-corrected chi connectivity index (χ0v) is 13.0. The molecule has 1 unspecified atom stereocenters. The first kappa shape index (κ1) is 15.5. The molecule has 2 aromatic rings. The number of nitrogens with zero attached hydrogens (tertiary/aromatic N) is 2. The summed E-state index contributed by atoms with van der Waals surface area (Å²) in [5, 5.41) is 13.3. The molecule has 0 spiro atoms. The molecule has 0 saturated carbocycles. The highest BCUT2D eigenvalue weighted by Gasteiger charge is 2.27. The number of fused-ring (bicyclic) bond motifs is 1. The largest absolute Gasteiger partial charge is 0.481 e. The molecule has 6 heteroatoms. The molecule has 0 amide bonds. The molecule has 0 aliphatic rings. The van der Waals surface area contributed by atoms with E-state index in [0.717, 1.165) is 10.9 Å². The van der Waals surface area contributed by atoms with Crippen LogP contribution < -0.4 is 5.32 Å². The number of hydrogen-bond acceptors (Lipinski definition) is 4. The average Bonchev–Trinajstić information content (AvgIpc) is 2.36. The molecule has 1 heterocycles. The third kappa shape index (κ3) is 3.82. The van der Waals surface area contributed by atoms with E-state index in [-0.39, 0.29) is 23.2 Å². The fourth-order valence-electron chi connectivity index (χ4n) is 2.07. The van der Waals surface area contributed by atoms with Crippen molar-refractivity contribution in [3.8, 4) is 0 Å². The molecule has 2 rings (SSSR count). The van der Waals surface area contributed by atoms with Crippen molar-refractivity contribution < 1.29 is 9.90 Å². The molecule has 0 bridgehead atoms. The van der Waals surface area contributed by atoms with Gasteiger partial charge in [-0.2, -0.15) is 0 Å². The van der Waals surface area contributed by atoms with Crippen LogP contribution in [0, 0.1) is 5.41 Å². The van der Waals surface area contributed by atoms with E-state index in [9.17, 15) is 4.79 Å². The Morgan fingerprint density at radius 1 is 1.33 bits per heavy atom. The van der Waals surface area contributed by atoms with Crippen molar-refractivity contribution in [1.82, 2.24) is 9.97 Å². The van der Waals surface area contributed by atoms with Crippen LogP contribution >= 0.6 is 11.6 Å². The Morgan fingerprint density at radius 2 is 2.00 bits per heavy atom. The number of benzene rings is 1. The highest BCUT2D eigenvalue weighted by atomic mass is 35.5. The monoisotopic (exact) mass is 307 g/mol. The van der Waals surface area contributed by atoms with Gasteiger partial charge in [0.2, 0.25) is 5.28 Å². The molecular weight excluding hydrogens is 290 g/mol. The first-order valence-corrected chi connectivity index (χ1v) is 7.06. The van der Waals surface area contributed by atoms with Gasteiger partial charge < -0.3 is 10.4 Å². The molecule has 0 saturated heterocycles. The average molecular weight is 308 g/mol. The summed E-state index contributed by atoms with van der Waals surface area (Å²) in [4.78, 5) is 19.5. The van der Waals surface area contributed by atoms with Gasteiger partial charge in [0.25, 0.3) is 0 Å². The lowest BCUT2D eigenvalue weighted by Gasteiger charge is -2.31. The van der Waals surface area contributed by atoms with E-state index in [1.54, 1.807) is 0 Å². The van der Waals surface area contributed by atoms with Crippen LogP contribution in [0.15, 0.2) is 24.3 Å². The van der Waals surface area contributed by atoms with Crippen molar-refractivity contribution >= 4 is 34.3 Å². The Hall–Kier alpha value is -1.88. The molecule has 1 aromatic heterocycles. The Kier molecular flexibility index (Phi) is 4.32. The number of hydrogen-bond donors (Lipinski definition) is 2. The summed E-state index contributed by atoms with van der Waals surface area (Å²) in [6, 6.07) is 7.21. The molecule has 2 N–H and O–H groups in total. The van der Waals surface area contributed by atoms with Crippen LogP contribution in [0.5, 0.6) is 0 Å². The predicted molar refractivity (Wildman–Crippen MR) is 83.7 cm³/mol. The van der Waals surface area contributed by atoms with E-state index in [0.29, 0.717) is 5.82 Å². The van der Waals surface area contributed by atoms with Crippen molar-refractivity contribution in [3.63, 3.8) is 0 Å². The van der Waals surface area contributed by atoms with E-state index in [4.69, 9.17) is 16.7 Å². The highest BCUT2D eigenvalue weighted by molar-refractivity contribution is 6.28. The fraction of sp³-hybridized carbons (Fsp3) is 0.400. The zero-order valence-electron chi connectivity index (χ0n) is 12.2. The molecule has 21 heavy (non-hydrogen) atoms. The maximum absolute atomic E-state index is 11.1. The van der Waals surface area contributed by atoms with Gasteiger partial charge in [-0.3, -0.25) is 4.79 Å². The van der Waals surface area contributed by atoms with Crippen molar-refractivity contribution in [1.29, 1.82) is 0 Å². The second-order valence-corrected chi connectivity index (χ2v) is 6.36. The number of aromatic nitrogens is 2. The van der Waals surface area contributed by atoms with Crippen molar-refractivity contribution in [2.45, 2.75) is 33.2 Å². The number of carbonyl (C=O) groups is 1. The van der Waals surface area contributed by atoms with E-state index in [1.165, 1.54) is 0 Å². The topological polar surface area (TPSA) is 75.1 Å². The van der Waals surface area contributed by atoms with Gasteiger partial charge >= 0.3 is 5.97 Å². The normalized spacial score (nSPS) is 13.1. The van der Waals surface area contributed by atoms with Crippen molar-refractivity contribution in [3.05, 3.63) is 29.5 Å². The van der Waals surface area contributed by atoms with Crippen LogP contribution in [0.25, 0.3) is 10.9 Å². The van der Waals surface area contributed by atoms with Gasteiger partial charge in [-0.15, -0.1) is 0 Å². The van der Waals surface area contributed by atoms with Gasteiger partial charge in [-0.25, -0.2) is 9.97 Å². The number of aliphatic carboxylic acids is 1. The van der Waals surface area contributed by atoms with Gasteiger partial charge in [0.15, 0.2) is 0 Å². The van der Waals surface area contributed by atoms with Gasteiger partial charge in [0.1, 0.15) is 5.82 Å². The first-order chi connectivity index (χ1) is 9.77. The molecule has 0 aliphatic heterocycles. The number of halogens is 1. The minimum atomic E-state index is -0.855. The van der Waals surface area contributed by atoms with Crippen LogP contribution in [0.4, 0.5) is 5.82 Å². The first-order valence-electron chi connectivity index (χ1n) is 6.68. The number of carboxylic acid groups (broad SMARTS) is 1. The van der Waals surface area contributed by atoms with E-state index in [2.05, 4.69) is 15.3 Å². The summed E-state index contributed by atoms with van der Waals surface area (Å²) in [7, 11) is 0. The summed E-state index contributed by atoms with van der Waals surface area (Å²) in [6.07, 6.45) is -0.000547. The molecule has 0 fully saturated rings. The van der Waals surface area contributed by atoms with Crippen molar-refractivity contribution in [2.75, 3.05) is 5.32 Å². The van der Waals surface area contributed by atoms with Gasteiger partial charge in [0, 0.05) is 11.4 Å². The van der Waals surface area contributed by atoms with Crippen LogP contribution in [0.2, 0.25) is 5.28 Å². The van der Waals surface area contributed by atoms with E-state index < -0.39 is 5.97 Å². The summed E-state index contributed by atoms with van der Waals surface area (Å²) in [6.45, 7) is 5.95. The second-order valence-electron chi connectivity index (χ2n) is 6.02. The van der Waals surface area contributed by atoms with Gasteiger partial charge in [0.05, 0.1) is 11.9 Å². The molecule has 0 radical (unpaired) electrons. The Bertz CT molecular complexity index is 668. The van der Waals surface area contributed by atoms with Gasteiger partial charge in [-0.1, -0.05) is 32.9 Å². The third-order valence-electron chi connectivity index (χ3n) is 3.31. The quantitative estimate of drug-likeness (QED) is 0.844. The third-order valence-corrected chi connectivity index (χ3v) is 3.48. The lowest BCUT2D eigenvalue weighted by molar-refractivity contribution is -0.137. The van der Waals surface area contributed by atoms with Crippen LogP contribution in [0.3, 0.4) is 0 Å². The minimum absolute atomic E-state index is 0.000547. The predicted octanol–water partition coefficient (Wildman–Crippen LogP) is 3.58. The molecular formula is C15H18ClN3O2. The summed E-state index contributed by atoms with van der Waals surface area (Å²) < 4.78 is 0.